The molecule has 23 heavy (non-hydrogen) atoms. The average Bonchev–Trinajstić information content (AvgIpc) is 2.95. The fourth-order valence-corrected chi connectivity index (χ4v) is 3.94. The summed E-state index contributed by atoms with van der Waals surface area (Å²) in [5.74, 6) is 0.721. The number of sulfonamides is 1. The van der Waals surface area contributed by atoms with Crippen LogP contribution in [0.4, 0.5) is 0 Å². The number of hydrogen-bond donors (Lipinski definition) is 0. The molecule has 0 aliphatic carbocycles. The van der Waals surface area contributed by atoms with Crippen molar-refractivity contribution in [3.8, 4) is 0 Å². The first-order valence-electron chi connectivity index (χ1n) is 7.12. The van der Waals surface area contributed by atoms with Crippen molar-refractivity contribution in [1.29, 1.82) is 0 Å². The van der Waals surface area contributed by atoms with Gasteiger partial charge in [0.05, 0.1) is 17.6 Å². The minimum absolute atomic E-state index is 0.119. The zero-order chi connectivity index (χ0) is 16.4. The molecule has 0 bridgehead atoms. The van der Waals surface area contributed by atoms with E-state index >= 15 is 0 Å². The van der Waals surface area contributed by atoms with Gasteiger partial charge in [-0.1, -0.05) is 11.8 Å². The normalized spacial score (nSPS) is 19.5. The number of nitrogens with zero attached hydrogens (tertiary/aromatic N) is 2. The summed E-state index contributed by atoms with van der Waals surface area (Å²) in [7, 11) is -0.483. The van der Waals surface area contributed by atoms with Gasteiger partial charge in [-0.3, -0.25) is 0 Å². The Labute approximate surface area is 139 Å². The standard InChI is InChI=1S/C14H18N2O5S2/c1-16(2)23(17,18)11-3-4-13-12(7-11)15-14(21-13)22-8-10-5-6-19-9-20-10/h3-4,7,10H,5-6,8-9H2,1-2H3/t10-/m0/s1. The van der Waals surface area contributed by atoms with E-state index in [2.05, 4.69) is 4.98 Å². The van der Waals surface area contributed by atoms with Gasteiger partial charge in [-0.15, -0.1) is 0 Å². The lowest BCUT2D eigenvalue weighted by Gasteiger charge is -2.21. The van der Waals surface area contributed by atoms with Crippen LogP contribution in [-0.4, -0.2) is 57.1 Å². The number of oxazole rings is 1. The predicted octanol–water partition coefficient (Wildman–Crippen LogP) is 1.93. The molecule has 2 aromatic rings. The smallest absolute Gasteiger partial charge is 0.256 e. The summed E-state index contributed by atoms with van der Waals surface area (Å²) in [4.78, 5) is 4.56. The van der Waals surface area contributed by atoms with Crippen LogP contribution in [0.2, 0.25) is 0 Å². The summed E-state index contributed by atoms with van der Waals surface area (Å²) in [6.45, 7) is 1.02. The van der Waals surface area contributed by atoms with E-state index in [1.54, 1.807) is 6.07 Å². The molecule has 0 saturated carbocycles. The number of hydrogen-bond acceptors (Lipinski definition) is 7. The topological polar surface area (TPSA) is 81.9 Å². The quantitative estimate of drug-likeness (QED) is 0.755. The Morgan fingerprint density at radius 3 is 2.91 bits per heavy atom. The zero-order valence-corrected chi connectivity index (χ0v) is 14.5. The second kappa shape index (κ2) is 6.78. The highest BCUT2D eigenvalue weighted by Crippen LogP contribution is 2.27. The van der Waals surface area contributed by atoms with Gasteiger partial charge in [0.2, 0.25) is 10.0 Å². The van der Waals surface area contributed by atoms with Gasteiger partial charge in [-0.25, -0.2) is 17.7 Å². The van der Waals surface area contributed by atoms with Crippen molar-refractivity contribution in [3.63, 3.8) is 0 Å². The van der Waals surface area contributed by atoms with Gasteiger partial charge < -0.3 is 13.9 Å². The molecule has 1 aromatic heterocycles. The van der Waals surface area contributed by atoms with E-state index in [4.69, 9.17) is 13.9 Å². The molecule has 0 spiro atoms. The summed E-state index contributed by atoms with van der Waals surface area (Å²) in [6.07, 6.45) is 0.965. The summed E-state index contributed by atoms with van der Waals surface area (Å²) < 4.78 is 41.7. The number of thioether (sulfide) groups is 1. The first-order chi connectivity index (χ1) is 11.0. The molecule has 1 aromatic carbocycles. The van der Waals surface area contributed by atoms with Crippen molar-refractivity contribution in [2.24, 2.45) is 0 Å². The zero-order valence-electron chi connectivity index (χ0n) is 12.9. The van der Waals surface area contributed by atoms with Crippen LogP contribution in [-0.2, 0) is 19.5 Å². The Morgan fingerprint density at radius 1 is 1.39 bits per heavy atom. The monoisotopic (exact) mass is 358 g/mol. The lowest BCUT2D eigenvalue weighted by molar-refractivity contribution is -0.130. The van der Waals surface area contributed by atoms with Crippen molar-refractivity contribution in [3.05, 3.63) is 18.2 Å². The van der Waals surface area contributed by atoms with Gasteiger partial charge in [-0.05, 0) is 24.6 Å². The molecule has 126 valence electrons. The lowest BCUT2D eigenvalue weighted by Crippen LogP contribution is -2.25. The van der Waals surface area contributed by atoms with E-state index in [0.717, 1.165) is 12.2 Å². The number of fused-ring (bicyclic) bond motifs is 1. The third kappa shape index (κ3) is 3.69. The van der Waals surface area contributed by atoms with Gasteiger partial charge in [0.25, 0.3) is 5.22 Å². The van der Waals surface area contributed by atoms with Crippen molar-refractivity contribution in [2.75, 3.05) is 33.2 Å². The van der Waals surface area contributed by atoms with Crippen LogP contribution in [0.3, 0.4) is 0 Å². The van der Waals surface area contributed by atoms with E-state index in [-0.39, 0.29) is 11.0 Å². The minimum Gasteiger partial charge on any atom is -0.431 e. The molecular weight excluding hydrogens is 340 g/mol. The highest BCUT2D eigenvalue weighted by molar-refractivity contribution is 7.99. The maximum absolute atomic E-state index is 12.1. The van der Waals surface area contributed by atoms with E-state index < -0.39 is 10.0 Å². The van der Waals surface area contributed by atoms with Crippen LogP contribution in [0.1, 0.15) is 6.42 Å². The maximum atomic E-state index is 12.1. The Kier molecular flexibility index (Phi) is 4.93. The van der Waals surface area contributed by atoms with Crippen molar-refractivity contribution < 1.29 is 22.3 Å². The van der Waals surface area contributed by atoms with Crippen LogP contribution in [0, 0.1) is 0 Å². The van der Waals surface area contributed by atoms with Crippen LogP contribution >= 0.6 is 11.8 Å². The van der Waals surface area contributed by atoms with Gasteiger partial charge in [0, 0.05) is 19.8 Å². The van der Waals surface area contributed by atoms with Crippen LogP contribution in [0.15, 0.2) is 32.7 Å². The molecule has 0 N–H and O–H groups in total. The van der Waals surface area contributed by atoms with Gasteiger partial charge >= 0.3 is 0 Å². The van der Waals surface area contributed by atoms with E-state index in [9.17, 15) is 8.42 Å². The number of ether oxygens (including phenoxy) is 2. The second-order valence-corrected chi connectivity index (χ2v) is 8.43. The number of aromatic nitrogens is 1. The van der Waals surface area contributed by atoms with E-state index in [0.29, 0.717) is 29.7 Å². The number of rotatable bonds is 5. The lowest BCUT2D eigenvalue weighted by atomic mass is 10.3. The number of benzene rings is 1. The molecule has 1 saturated heterocycles. The predicted molar refractivity (Wildman–Crippen MR) is 85.9 cm³/mol. The van der Waals surface area contributed by atoms with Crippen LogP contribution < -0.4 is 0 Å². The minimum atomic E-state index is -3.48. The van der Waals surface area contributed by atoms with Gasteiger partial charge in [0.1, 0.15) is 12.3 Å². The summed E-state index contributed by atoms with van der Waals surface area (Å²) >= 11 is 1.45. The highest BCUT2D eigenvalue weighted by Gasteiger charge is 2.20. The first kappa shape index (κ1) is 16.7. The van der Waals surface area contributed by atoms with Crippen molar-refractivity contribution in [2.45, 2.75) is 22.6 Å². The summed E-state index contributed by atoms with van der Waals surface area (Å²) in [5, 5.41) is 0.509. The maximum Gasteiger partial charge on any atom is 0.256 e. The summed E-state index contributed by atoms with van der Waals surface area (Å²) in [5.41, 5.74) is 1.10. The van der Waals surface area contributed by atoms with E-state index in [1.165, 1.54) is 42.3 Å². The molecule has 7 nitrogen and oxygen atoms in total. The molecule has 0 unspecified atom stereocenters. The van der Waals surface area contributed by atoms with Crippen LogP contribution in [0.25, 0.3) is 11.1 Å². The van der Waals surface area contributed by atoms with Crippen molar-refractivity contribution in [1.82, 2.24) is 9.29 Å². The Morgan fingerprint density at radius 2 is 2.22 bits per heavy atom. The average molecular weight is 358 g/mol. The molecule has 1 fully saturated rings. The van der Waals surface area contributed by atoms with Crippen LogP contribution in [0.5, 0.6) is 0 Å². The van der Waals surface area contributed by atoms with Crippen molar-refractivity contribution >= 4 is 32.9 Å². The summed E-state index contributed by atoms with van der Waals surface area (Å²) in [6, 6.07) is 4.69. The SMILES string of the molecule is CN(C)S(=O)(=O)c1ccc2oc(SC[C@@H]3CCOCO3)nc2c1. The Balaban J connectivity index is 1.76. The first-order valence-corrected chi connectivity index (χ1v) is 9.54. The van der Waals surface area contributed by atoms with E-state index in [1.807, 2.05) is 0 Å². The largest absolute Gasteiger partial charge is 0.431 e. The molecular formula is C14H18N2O5S2. The van der Waals surface area contributed by atoms with Gasteiger partial charge in [0.15, 0.2) is 5.58 Å². The fourth-order valence-electron chi connectivity index (χ4n) is 2.12. The molecule has 0 radical (unpaired) electrons. The molecule has 9 heteroatoms. The molecule has 1 aliphatic rings. The second-order valence-electron chi connectivity index (χ2n) is 5.31. The fraction of sp³-hybridized carbons (Fsp3) is 0.500. The third-order valence-corrected chi connectivity index (χ3v) is 6.25. The molecule has 3 rings (SSSR count). The molecule has 0 amide bonds. The Bertz CT molecular complexity index is 782. The highest BCUT2D eigenvalue weighted by atomic mass is 32.2. The third-order valence-electron chi connectivity index (χ3n) is 3.48. The molecule has 1 aliphatic heterocycles. The molecule has 1 atom stereocenters. The van der Waals surface area contributed by atoms with Gasteiger partial charge in [-0.2, -0.15) is 0 Å². The Hall–Kier alpha value is -1.13. The molecule has 2 heterocycles.